The molecule has 136 valence electrons. The molecule has 1 fully saturated rings. The molecule has 1 aliphatic rings. The summed E-state index contributed by atoms with van der Waals surface area (Å²) >= 11 is 3.44. The van der Waals surface area contributed by atoms with E-state index >= 15 is 0 Å². The topological polar surface area (TPSA) is 30.3 Å². The van der Waals surface area contributed by atoms with Crippen molar-refractivity contribution >= 4 is 21.5 Å². The summed E-state index contributed by atoms with van der Waals surface area (Å²) in [6, 6.07) is 7.74. The molecule has 0 radical (unpaired) electrons. The normalized spacial score (nSPS) is 15.8. The second kappa shape index (κ2) is 8.58. The minimum atomic E-state index is -0.507. The number of hydrogen-bond donors (Lipinski definition) is 0. The second-order valence-corrected chi connectivity index (χ2v) is 6.93. The zero-order valence-corrected chi connectivity index (χ0v) is 16.1. The fraction of sp³-hybridized carbons (Fsp3) is 0.250. The van der Waals surface area contributed by atoms with Crippen molar-refractivity contribution < 1.29 is 9.13 Å². The van der Waals surface area contributed by atoms with E-state index in [1.807, 2.05) is 24.3 Å². The fourth-order valence-corrected chi connectivity index (χ4v) is 3.24. The SMILES string of the molecule is C=C/C=C(\C(=C)F)c1c(CN2CCOCC2)cnn1-c1ccc(Br)cc1. The van der Waals surface area contributed by atoms with Gasteiger partial charge in [-0.05, 0) is 24.3 Å². The molecule has 1 aliphatic heterocycles. The number of morpholine rings is 1. The van der Waals surface area contributed by atoms with Crippen LogP contribution in [-0.4, -0.2) is 41.0 Å². The standard InChI is InChI=1S/C20H21BrFN3O/c1-3-4-19(15(2)22)20-16(14-24-9-11-26-12-10-24)13-23-25(20)18-7-5-17(21)6-8-18/h3-8,13H,1-2,9-12,14H2/b19-4+. The monoisotopic (exact) mass is 417 g/mol. The first-order valence-corrected chi connectivity index (χ1v) is 9.20. The maximum absolute atomic E-state index is 14.2. The zero-order chi connectivity index (χ0) is 18.5. The Hall–Kier alpha value is -2.02. The molecule has 1 saturated heterocycles. The van der Waals surface area contributed by atoms with Crippen LogP contribution < -0.4 is 0 Å². The summed E-state index contributed by atoms with van der Waals surface area (Å²) in [4.78, 5) is 2.28. The van der Waals surface area contributed by atoms with E-state index in [1.54, 1.807) is 23.0 Å². The smallest absolute Gasteiger partial charge is 0.125 e. The van der Waals surface area contributed by atoms with Crippen LogP contribution >= 0.6 is 15.9 Å². The summed E-state index contributed by atoms with van der Waals surface area (Å²) in [5.41, 5.74) is 2.89. The fourth-order valence-electron chi connectivity index (χ4n) is 2.98. The van der Waals surface area contributed by atoms with Crippen LogP contribution in [0.3, 0.4) is 0 Å². The summed E-state index contributed by atoms with van der Waals surface area (Å²) < 4.78 is 22.4. The van der Waals surface area contributed by atoms with Crippen molar-refractivity contribution in [1.29, 1.82) is 0 Å². The van der Waals surface area contributed by atoms with Gasteiger partial charge in [-0.2, -0.15) is 5.10 Å². The quantitative estimate of drug-likeness (QED) is 0.647. The van der Waals surface area contributed by atoms with Crippen molar-refractivity contribution in [3.05, 3.63) is 77.3 Å². The average Bonchev–Trinajstić information content (AvgIpc) is 3.04. The number of rotatable bonds is 6. The Morgan fingerprint density at radius 1 is 1.27 bits per heavy atom. The van der Waals surface area contributed by atoms with Crippen molar-refractivity contribution in [1.82, 2.24) is 14.7 Å². The Morgan fingerprint density at radius 2 is 1.96 bits per heavy atom. The largest absolute Gasteiger partial charge is 0.379 e. The van der Waals surface area contributed by atoms with E-state index in [4.69, 9.17) is 4.74 Å². The third kappa shape index (κ3) is 4.20. The number of halogens is 2. The molecule has 1 aromatic carbocycles. The first kappa shape index (κ1) is 18.8. The van der Waals surface area contributed by atoms with Crippen LogP contribution in [0.5, 0.6) is 0 Å². The summed E-state index contributed by atoms with van der Waals surface area (Å²) in [7, 11) is 0. The summed E-state index contributed by atoms with van der Waals surface area (Å²) in [6.07, 6.45) is 5.00. The third-order valence-corrected chi connectivity index (χ3v) is 4.77. The lowest BCUT2D eigenvalue weighted by molar-refractivity contribution is 0.0341. The Labute approximate surface area is 161 Å². The van der Waals surface area contributed by atoms with Gasteiger partial charge in [0.2, 0.25) is 0 Å². The molecule has 4 nitrogen and oxygen atoms in total. The number of aromatic nitrogens is 2. The van der Waals surface area contributed by atoms with Gasteiger partial charge in [-0.3, -0.25) is 4.90 Å². The maximum atomic E-state index is 14.2. The molecule has 0 saturated carbocycles. The molecular weight excluding hydrogens is 397 g/mol. The van der Waals surface area contributed by atoms with Crippen LogP contribution in [0.15, 0.2) is 66.1 Å². The molecular formula is C20H21BrFN3O. The van der Waals surface area contributed by atoms with E-state index in [-0.39, 0.29) is 0 Å². The minimum absolute atomic E-state index is 0.392. The summed E-state index contributed by atoms with van der Waals surface area (Å²) in [5, 5.41) is 4.53. The van der Waals surface area contributed by atoms with Crippen LogP contribution in [-0.2, 0) is 11.3 Å². The molecule has 2 heterocycles. The number of ether oxygens (including phenoxy) is 1. The molecule has 0 atom stereocenters. The highest BCUT2D eigenvalue weighted by Gasteiger charge is 2.21. The molecule has 26 heavy (non-hydrogen) atoms. The van der Waals surface area contributed by atoms with Gasteiger partial charge in [0.25, 0.3) is 0 Å². The Kier molecular flexibility index (Phi) is 6.19. The molecule has 1 aromatic heterocycles. The Morgan fingerprint density at radius 3 is 2.58 bits per heavy atom. The predicted molar refractivity (Wildman–Crippen MR) is 106 cm³/mol. The minimum Gasteiger partial charge on any atom is -0.379 e. The molecule has 6 heteroatoms. The van der Waals surface area contributed by atoms with Gasteiger partial charge >= 0.3 is 0 Å². The van der Waals surface area contributed by atoms with Crippen LogP contribution in [0.4, 0.5) is 4.39 Å². The highest BCUT2D eigenvalue weighted by atomic mass is 79.9. The summed E-state index contributed by atoms with van der Waals surface area (Å²) in [6.45, 7) is 11.0. The van der Waals surface area contributed by atoms with Gasteiger partial charge in [0.1, 0.15) is 5.83 Å². The zero-order valence-electron chi connectivity index (χ0n) is 14.5. The molecule has 0 unspecified atom stereocenters. The lowest BCUT2D eigenvalue weighted by atomic mass is 10.1. The van der Waals surface area contributed by atoms with Crippen molar-refractivity contribution in [2.24, 2.45) is 0 Å². The highest BCUT2D eigenvalue weighted by molar-refractivity contribution is 9.10. The van der Waals surface area contributed by atoms with Gasteiger partial charge in [0.15, 0.2) is 0 Å². The van der Waals surface area contributed by atoms with Crippen LogP contribution in [0.1, 0.15) is 11.3 Å². The van der Waals surface area contributed by atoms with E-state index < -0.39 is 5.83 Å². The molecule has 0 N–H and O–H groups in total. The molecule has 0 bridgehead atoms. The van der Waals surface area contributed by atoms with Gasteiger partial charge in [0.05, 0.1) is 30.8 Å². The van der Waals surface area contributed by atoms with E-state index in [0.717, 1.165) is 28.8 Å². The molecule has 0 amide bonds. The molecule has 3 rings (SSSR count). The predicted octanol–water partition coefficient (Wildman–Crippen LogP) is 4.52. The van der Waals surface area contributed by atoms with Gasteiger partial charge in [-0.1, -0.05) is 41.2 Å². The van der Waals surface area contributed by atoms with Crippen LogP contribution in [0, 0.1) is 0 Å². The number of nitrogens with zero attached hydrogens (tertiary/aromatic N) is 3. The lowest BCUT2D eigenvalue weighted by Crippen LogP contribution is -2.35. The maximum Gasteiger partial charge on any atom is 0.125 e. The van der Waals surface area contributed by atoms with Crippen molar-refractivity contribution in [3.8, 4) is 5.69 Å². The Balaban J connectivity index is 2.06. The van der Waals surface area contributed by atoms with Crippen molar-refractivity contribution in [2.75, 3.05) is 26.3 Å². The number of allylic oxidation sites excluding steroid dienone is 4. The summed E-state index contributed by atoms with van der Waals surface area (Å²) in [5.74, 6) is -0.507. The molecule has 0 spiro atoms. The average molecular weight is 418 g/mol. The second-order valence-electron chi connectivity index (χ2n) is 6.02. The first-order valence-electron chi connectivity index (χ1n) is 8.41. The van der Waals surface area contributed by atoms with Gasteiger partial charge in [-0.25, -0.2) is 9.07 Å². The van der Waals surface area contributed by atoms with Crippen molar-refractivity contribution in [3.63, 3.8) is 0 Å². The van der Waals surface area contributed by atoms with Crippen LogP contribution in [0.25, 0.3) is 11.3 Å². The van der Waals surface area contributed by atoms with Gasteiger partial charge in [-0.15, -0.1) is 0 Å². The lowest BCUT2D eigenvalue weighted by Gasteiger charge is -2.26. The third-order valence-electron chi connectivity index (χ3n) is 4.25. The van der Waals surface area contributed by atoms with Crippen molar-refractivity contribution in [2.45, 2.75) is 6.54 Å². The molecule has 0 aliphatic carbocycles. The van der Waals surface area contributed by atoms with E-state index in [1.165, 1.54) is 0 Å². The Bertz CT molecular complexity index is 820. The number of benzene rings is 1. The van der Waals surface area contributed by atoms with E-state index in [9.17, 15) is 4.39 Å². The van der Waals surface area contributed by atoms with Gasteiger partial charge in [0, 0.05) is 35.2 Å². The molecule has 2 aromatic rings. The van der Waals surface area contributed by atoms with E-state index in [0.29, 0.717) is 31.0 Å². The van der Waals surface area contributed by atoms with Crippen LogP contribution in [0.2, 0.25) is 0 Å². The number of hydrogen-bond acceptors (Lipinski definition) is 3. The van der Waals surface area contributed by atoms with Gasteiger partial charge < -0.3 is 4.74 Å². The highest BCUT2D eigenvalue weighted by Crippen LogP contribution is 2.30. The van der Waals surface area contributed by atoms with E-state index in [2.05, 4.69) is 39.1 Å². The first-order chi connectivity index (χ1) is 12.6.